The van der Waals surface area contributed by atoms with E-state index in [1.165, 1.54) is 32.0 Å². The third-order valence-corrected chi connectivity index (χ3v) is 4.45. The van der Waals surface area contributed by atoms with Crippen molar-refractivity contribution < 1.29 is 32.2 Å². The topological polar surface area (TPSA) is 65.0 Å². The molecule has 1 aliphatic rings. The maximum Gasteiger partial charge on any atom is 0.416 e. The Morgan fingerprint density at radius 3 is 2.29 bits per heavy atom. The molecule has 2 atom stereocenters. The van der Waals surface area contributed by atoms with Gasteiger partial charge in [-0.2, -0.15) is 13.2 Å². The Morgan fingerprint density at radius 1 is 1.14 bits per heavy atom. The third kappa shape index (κ3) is 4.26. The first-order valence-corrected chi connectivity index (χ1v) is 8.69. The zero-order chi connectivity index (χ0) is 21.2. The van der Waals surface area contributed by atoms with Gasteiger partial charge in [-0.1, -0.05) is 18.2 Å². The summed E-state index contributed by atoms with van der Waals surface area (Å²) in [6, 6.07) is 4.87. The van der Waals surface area contributed by atoms with Crippen LogP contribution in [0.5, 0.6) is 0 Å². The smallest absolute Gasteiger partial charge is 0.416 e. The highest BCUT2D eigenvalue weighted by Crippen LogP contribution is 2.44. The van der Waals surface area contributed by atoms with E-state index < -0.39 is 41.6 Å². The van der Waals surface area contributed by atoms with Gasteiger partial charge >= 0.3 is 18.1 Å². The number of carbonyl (C=O) groups excluding carboxylic acids is 2. The zero-order valence-corrected chi connectivity index (χ0v) is 16.3. The summed E-state index contributed by atoms with van der Waals surface area (Å²) in [5.41, 5.74) is -0.718. The second-order valence-electron chi connectivity index (χ2n) is 6.77. The van der Waals surface area contributed by atoms with Gasteiger partial charge in [-0.15, -0.1) is 0 Å². The Labute approximate surface area is 161 Å². The summed E-state index contributed by atoms with van der Waals surface area (Å²) in [6.07, 6.45) is -5.16. The molecule has 2 rings (SSSR count). The van der Waals surface area contributed by atoms with Crippen LogP contribution in [0.1, 0.15) is 44.7 Å². The van der Waals surface area contributed by atoms with Crippen LogP contribution in [0.4, 0.5) is 13.2 Å². The molecular formula is C20H22F3NO4. The summed E-state index contributed by atoms with van der Waals surface area (Å²) in [6.45, 7) is 6.29. The van der Waals surface area contributed by atoms with Crippen molar-refractivity contribution in [2.24, 2.45) is 10.9 Å². The predicted octanol–water partition coefficient (Wildman–Crippen LogP) is 4.28. The fourth-order valence-electron chi connectivity index (χ4n) is 3.37. The molecule has 0 aromatic heterocycles. The first-order chi connectivity index (χ1) is 13.0. The number of ether oxygens (including phenoxy) is 2. The molecule has 1 aromatic rings. The van der Waals surface area contributed by atoms with Crippen LogP contribution in [0, 0.1) is 5.92 Å². The lowest BCUT2D eigenvalue weighted by molar-refractivity contribution is -0.146. The van der Waals surface area contributed by atoms with Crippen LogP contribution < -0.4 is 0 Å². The van der Waals surface area contributed by atoms with Crippen molar-refractivity contribution in [3.63, 3.8) is 0 Å². The fourth-order valence-corrected chi connectivity index (χ4v) is 3.37. The van der Waals surface area contributed by atoms with Gasteiger partial charge in [0.05, 0.1) is 24.4 Å². The molecule has 2 unspecified atom stereocenters. The number of nitrogens with zero attached hydrogens (tertiary/aromatic N) is 1. The van der Waals surface area contributed by atoms with Crippen LogP contribution in [0.25, 0.3) is 0 Å². The maximum absolute atomic E-state index is 13.7. The van der Waals surface area contributed by atoms with Crippen molar-refractivity contribution in [3.8, 4) is 0 Å². The van der Waals surface area contributed by atoms with E-state index in [0.29, 0.717) is 0 Å². The zero-order valence-electron chi connectivity index (χ0n) is 16.3. The van der Waals surface area contributed by atoms with Gasteiger partial charge in [0.1, 0.15) is 5.92 Å². The van der Waals surface area contributed by atoms with Gasteiger partial charge in [0, 0.05) is 17.3 Å². The van der Waals surface area contributed by atoms with E-state index in [-0.39, 0.29) is 22.5 Å². The maximum atomic E-state index is 13.7. The van der Waals surface area contributed by atoms with Gasteiger partial charge in [-0.3, -0.25) is 9.79 Å². The number of methoxy groups -OCH3 is 1. The largest absolute Gasteiger partial charge is 0.468 e. The van der Waals surface area contributed by atoms with Gasteiger partial charge < -0.3 is 9.47 Å². The van der Waals surface area contributed by atoms with Gasteiger partial charge in [-0.05, 0) is 39.3 Å². The summed E-state index contributed by atoms with van der Waals surface area (Å²) >= 11 is 0. The number of hydrogen-bond donors (Lipinski definition) is 0. The molecule has 152 valence electrons. The van der Waals surface area contributed by atoms with Gasteiger partial charge in [0.2, 0.25) is 0 Å². The standard InChI is InChI=1S/C20H22F3NO4/c1-10(2)28-19(26)16-12(4)24-11(3)15(18(25)27-5)17(16)13-8-6-7-9-14(13)20(21,22)23/h6-10,15,17H,1-5H3. The second kappa shape index (κ2) is 8.16. The monoisotopic (exact) mass is 397 g/mol. The van der Waals surface area contributed by atoms with E-state index in [2.05, 4.69) is 4.99 Å². The summed E-state index contributed by atoms with van der Waals surface area (Å²) < 4.78 is 51.0. The third-order valence-electron chi connectivity index (χ3n) is 4.45. The predicted molar refractivity (Wildman–Crippen MR) is 96.7 cm³/mol. The molecule has 8 heteroatoms. The van der Waals surface area contributed by atoms with Crippen LogP contribution in [0.2, 0.25) is 0 Å². The number of rotatable bonds is 4. The highest BCUT2D eigenvalue weighted by Gasteiger charge is 2.46. The molecule has 5 nitrogen and oxygen atoms in total. The van der Waals surface area contributed by atoms with Crippen molar-refractivity contribution >= 4 is 17.7 Å². The van der Waals surface area contributed by atoms with Crippen LogP contribution in [-0.4, -0.2) is 30.9 Å². The van der Waals surface area contributed by atoms with E-state index in [9.17, 15) is 22.8 Å². The average Bonchev–Trinajstić information content (AvgIpc) is 2.59. The van der Waals surface area contributed by atoms with Crippen molar-refractivity contribution in [2.75, 3.05) is 7.11 Å². The van der Waals surface area contributed by atoms with E-state index in [1.807, 2.05) is 0 Å². The molecule has 1 aliphatic heterocycles. The molecule has 0 spiro atoms. The number of benzene rings is 1. The molecule has 0 aliphatic carbocycles. The van der Waals surface area contributed by atoms with Crippen molar-refractivity contribution in [1.82, 2.24) is 0 Å². The molecule has 0 radical (unpaired) electrons. The highest BCUT2D eigenvalue weighted by atomic mass is 19.4. The van der Waals surface area contributed by atoms with E-state index >= 15 is 0 Å². The number of esters is 2. The Morgan fingerprint density at radius 2 is 1.75 bits per heavy atom. The van der Waals surface area contributed by atoms with Gasteiger partial charge in [0.25, 0.3) is 0 Å². The molecule has 0 bridgehead atoms. The molecule has 1 aromatic carbocycles. The second-order valence-corrected chi connectivity index (χ2v) is 6.77. The Balaban J connectivity index is 2.78. The summed E-state index contributed by atoms with van der Waals surface area (Å²) in [4.78, 5) is 29.4. The van der Waals surface area contributed by atoms with Crippen LogP contribution in [0.3, 0.4) is 0 Å². The number of alkyl halides is 3. The lowest BCUT2D eigenvalue weighted by atomic mass is 9.74. The molecule has 1 heterocycles. The van der Waals surface area contributed by atoms with Gasteiger partial charge in [-0.25, -0.2) is 4.79 Å². The number of hydrogen-bond acceptors (Lipinski definition) is 5. The number of aliphatic imine (C=N–C) groups is 1. The minimum absolute atomic E-state index is 0.0774. The minimum Gasteiger partial charge on any atom is -0.468 e. The van der Waals surface area contributed by atoms with E-state index in [0.717, 1.165) is 13.2 Å². The van der Waals surface area contributed by atoms with Crippen molar-refractivity contribution in [2.45, 2.75) is 45.9 Å². The number of allylic oxidation sites excluding steroid dienone is 1. The van der Waals surface area contributed by atoms with Gasteiger partial charge in [0.15, 0.2) is 0 Å². The quantitative estimate of drug-likeness (QED) is 0.712. The van der Waals surface area contributed by atoms with Crippen LogP contribution >= 0.6 is 0 Å². The van der Waals surface area contributed by atoms with Crippen molar-refractivity contribution in [1.29, 1.82) is 0 Å². The molecule has 0 N–H and O–H groups in total. The van der Waals surface area contributed by atoms with Crippen LogP contribution in [0.15, 0.2) is 40.5 Å². The van der Waals surface area contributed by atoms with E-state index in [4.69, 9.17) is 9.47 Å². The summed E-state index contributed by atoms with van der Waals surface area (Å²) in [5.74, 6) is -3.98. The molecule has 0 fully saturated rings. The number of carbonyl (C=O) groups is 2. The molecule has 28 heavy (non-hydrogen) atoms. The van der Waals surface area contributed by atoms with E-state index in [1.54, 1.807) is 13.8 Å². The Hall–Kier alpha value is -2.64. The first-order valence-electron chi connectivity index (χ1n) is 8.69. The molecule has 0 amide bonds. The minimum atomic E-state index is -4.67. The van der Waals surface area contributed by atoms with Crippen LogP contribution in [-0.2, 0) is 25.2 Å². The normalized spacial score (nSPS) is 20.1. The first kappa shape index (κ1) is 21.7. The summed E-state index contributed by atoms with van der Waals surface area (Å²) in [7, 11) is 1.14. The lowest BCUT2D eigenvalue weighted by Gasteiger charge is -2.33. The number of halogens is 3. The fraction of sp³-hybridized carbons (Fsp3) is 0.450. The Bertz CT molecular complexity index is 840. The Kier molecular flexibility index (Phi) is 6.31. The van der Waals surface area contributed by atoms with Crippen molar-refractivity contribution in [3.05, 3.63) is 46.7 Å². The summed E-state index contributed by atoms with van der Waals surface area (Å²) in [5, 5.41) is 0. The molecular weight excluding hydrogens is 375 g/mol. The highest BCUT2D eigenvalue weighted by molar-refractivity contribution is 6.07. The molecule has 0 saturated heterocycles. The lowest BCUT2D eigenvalue weighted by Crippen LogP contribution is -2.37. The average molecular weight is 397 g/mol. The molecule has 0 saturated carbocycles. The SMILES string of the molecule is COC(=O)C1C(C)=NC(C)=C(C(=O)OC(C)C)C1c1ccccc1C(F)(F)F.